The zero-order valence-electron chi connectivity index (χ0n) is 34.3. The summed E-state index contributed by atoms with van der Waals surface area (Å²) in [5.41, 5.74) is -1.72. The van der Waals surface area contributed by atoms with Crippen LogP contribution in [-0.4, -0.2) is 181 Å². The molecule has 376 valence electrons. The maximum Gasteiger partial charge on any atom is 0.401 e. The van der Waals surface area contributed by atoms with Gasteiger partial charge < -0.3 is 86.0 Å². The molecule has 5 aliphatic rings. The molecule has 0 spiro atoms. The molecule has 7 heterocycles. The van der Waals surface area contributed by atoms with E-state index in [1.54, 1.807) is 19.1 Å². The van der Waals surface area contributed by atoms with Crippen molar-refractivity contribution in [2.45, 2.75) is 102 Å². The average molecular weight is 1130 g/mol. The van der Waals surface area contributed by atoms with Gasteiger partial charge in [0.25, 0.3) is 0 Å². The number of hydrogen-bond acceptors (Lipinski definition) is 17. The molecule has 10 atom stereocenters. The molecular weight excluding hydrogens is 1090 g/mol. The molecule has 0 saturated carbocycles. The lowest BCUT2D eigenvalue weighted by Gasteiger charge is -2.45. The van der Waals surface area contributed by atoms with Crippen LogP contribution in [0.3, 0.4) is 0 Å². The third-order valence-corrected chi connectivity index (χ3v) is 12.3. The van der Waals surface area contributed by atoms with Crippen LogP contribution in [0.15, 0.2) is 46.5 Å². The molecule has 0 aromatic carbocycles. The summed E-state index contributed by atoms with van der Waals surface area (Å²) >= 11 is 18.3. The molecule has 29 heteroatoms. The summed E-state index contributed by atoms with van der Waals surface area (Å²) < 4.78 is 92.3. The number of fused-ring (bicyclic) bond motifs is 5. The van der Waals surface area contributed by atoms with Crippen molar-refractivity contribution in [3.63, 3.8) is 0 Å². The van der Waals surface area contributed by atoms with Crippen LogP contribution in [0.1, 0.15) is 29.5 Å². The summed E-state index contributed by atoms with van der Waals surface area (Å²) in [4.78, 5) is 21.3. The van der Waals surface area contributed by atoms with Gasteiger partial charge in [-0.15, -0.1) is 22.7 Å². The molecule has 0 aliphatic carbocycles. The summed E-state index contributed by atoms with van der Waals surface area (Å²) in [6.07, 6.45) is -2.63. The third kappa shape index (κ3) is 17.1. The maximum atomic E-state index is 13.1. The zero-order chi connectivity index (χ0) is 49.2. The van der Waals surface area contributed by atoms with Gasteiger partial charge >= 0.3 is 27.5 Å². The van der Waals surface area contributed by atoms with Crippen LogP contribution < -0.4 is 17.0 Å². The second-order valence-corrected chi connectivity index (χ2v) is 18.4. The summed E-state index contributed by atoms with van der Waals surface area (Å²) in [6.45, 7) is 1.79. The van der Waals surface area contributed by atoms with E-state index in [1.807, 2.05) is 22.9 Å². The average Bonchev–Trinajstić information content (AvgIpc) is 3.63. The number of quaternary nitrogens is 1. The highest BCUT2D eigenvalue weighted by atomic mass is 79.9. The van der Waals surface area contributed by atoms with E-state index in [0.717, 1.165) is 17.3 Å². The second kappa shape index (κ2) is 25.9. The maximum absolute atomic E-state index is 13.1. The lowest BCUT2D eigenvalue weighted by molar-refractivity contribution is -0.938. The number of ether oxygens (including phenoxy) is 5. The van der Waals surface area contributed by atoms with Crippen molar-refractivity contribution in [1.82, 2.24) is 0 Å². The number of aliphatic hydroxyl groups excluding tert-OH is 7. The molecular formula is C36H48BrCl4F6NO15S2. The number of hydrogen-bond donors (Lipinski definition) is 8. The molecule has 7 rings (SSSR count). The van der Waals surface area contributed by atoms with Gasteiger partial charge in [-0.05, 0) is 76.2 Å². The van der Waals surface area contributed by atoms with E-state index >= 15 is 0 Å². The normalized spacial score (nSPS) is 27.7. The number of piperidine rings is 1. The third-order valence-electron chi connectivity index (χ3n) is 9.75. The molecule has 16 nitrogen and oxygen atoms in total. The first-order valence-corrected chi connectivity index (χ1v) is 21.8. The first-order valence-electron chi connectivity index (χ1n) is 18.5. The van der Waals surface area contributed by atoms with Crippen molar-refractivity contribution in [3.05, 3.63) is 56.3 Å². The van der Waals surface area contributed by atoms with Crippen LogP contribution in [-0.2, 0) is 38.9 Å². The summed E-state index contributed by atoms with van der Waals surface area (Å²) in [6, 6.07) is 8.01. The molecule has 2 aromatic heterocycles. The Balaban J connectivity index is 0.000000455. The van der Waals surface area contributed by atoms with Crippen molar-refractivity contribution < 1.29 is 122 Å². The number of morpholine rings is 1. The Morgan fingerprint density at radius 2 is 1.38 bits per heavy atom. The highest BCUT2D eigenvalue weighted by Gasteiger charge is 2.71. The minimum Gasteiger partial charge on any atom is -1.00 e. The van der Waals surface area contributed by atoms with E-state index in [9.17, 15) is 41.0 Å². The van der Waals surface area contributed by atoms with Crippen molar-refractivity contribution in [1.29, 1.82) is 0 Å². The highest BCUT2D eigenvalue weighted by molar-refractivity contribution is 7.12. The first kappa shape index (κ1) is 61.5. The second-order valence-electron chi connectivity index (χ2n) is 14.4. The first-order chi connectivity index (χ1) is 29.4. The Hall–Kier alpha value is -1.50. The highest BCUT2D eigenvalue weighted by Crippen LogP contribution is 2.52. The van der Waals surface area contributed by atoms with Gasteiger partial charge in [0.1, 0.15) is 54.8 Å². The minimum atomic E-state index is -4.66. The van der Waals surface area contributed by atoms with Crippen LogP contribution in [0.2, 0.25) is 0 Å². The van der Waals surface area contributed by atoms with Gasteiger partial charge in [-0.3, -0.25) is 0 Å². The number of nitrogens with zero attached hydrogens (tertiary/aromatic N) is 1. The molecule has 4 unspecified atom stereocenters. The van der Waals surface area contributed by atoms with Gasteiger partial charge in [0, 0.05) is 26.6 Å². The number of likely N-dealkylation sites (N-methyl/N-ethyl adjacent to an activating group) is 1. The van der Waals surface area contributed by atoms with E-state index in [0.29, 0.717) is 40.7 Å². The fourth-order valence-electron chi connectivity index (χ4n) is 6.63. The van der Waals surface area contributed by atoms with Crippen LogP contribution in [0.4, 0.5) is 26.3 Å². The molecule has 65 heavy (non-hydrogen) atoms. The topological polar surface area (TPSA) is 245 Å². The molecule has 5 aliphatic heterocycles. The van der Waals surface area contributed by atoms with Crippen molar-refractivity contribution >= 4 is 81.0 Å². The summed E-state index contributed by atoms with van der Waals surface area (Å²) in [5.74, 6) is -3.34. The number of thiophene rings is 2. The van der Waals surface area contributed by atoms with Crippen LogP contribution in [0.5, 0.6) is 0 Å². The Morgan fingerprint density at radius 1 is 0.938 bits per heavy atom. The number of alkyl halides is 10. The Morgan fingerprint density at radius 3 is 1.69 bits per heavy atom. The van der Waals surface area contributed by atoms with Crippen LogP contribution in [0, 0.1) is 0 Å². The van der Waals surface area contributed by atoms with Gasteiger partial charge in [-0.2, -0.15) is 26.3 Å². The zero-order valence-corrected chi connectivity index (χ0v) is 40.6. The fraction of sp³-hybridized carbons (Fsp3) is 0.667. The number of carbonyl (C=O) groups excluding carboxylic acids is 2. The SMILES string of the molecule is CCO.COCC1OCC(O)C1O.C[N+]1(C)[C@@H]2CC(OC(=O)C(O)(c3cccs3)c3cccs3)C[C@H]1[C@@H]1O[C@@H]12.FC(F)(Cl)C(F)(F)Cl.FC(F)(Cl)Cl.O=C1O[C@H]([C@@H](O)CO)C(O)=C1O.[Br-]. The van der Waals surface area contributed by atoms with Crippen molar-refractivity contribution in [2.24, 2.45) is 0 Å². The van der Waals surface area contributed by atoms with Gasteiger partial charge in [-0.25, -0.2) is 9.59 Å². The number of aliphatic hydroxyl groups is 8. The molecule has 4 fully saturated rings. The number of rotatable bonds is 9. The largest absolute Gasteiger partial charge is 1.00 e. The monoisotopic (exact) mass is 1130 g/mol. The molecule has 2 aromatic rings. The predicted molar refractivity (Wildman–Crippen MR) is 219 cm³/mol. The van der Waals surface area contributed by atoms with Crippen LogP contribution in [0.25, 0.3) is 0 Å². The number of esters is 2. The number of carbonyl (C=O) groups is 2. The molecule has 0 radical (unpaired) electrons. The van der Waals surface area contributed by atoms with Gasteiger partial charge in [0.05, 0.1) is 43.7 Å². The number of epoxide rings is 1. The smallest absolute Gasteiger partial charge is 0.401 e. The van der Waals surface area contributed by atoms with Gasteiger partial charge in [0.15, 0.2) is 11.9 Å². The summed E-state index contributed by atoms with van der Waals surface area (Å²) in [7, 11) is 6.02. The van der Waals surface area contributed by atoms with E-state index in [2.05, 4.69) is 65.2 Å². The molecule has 0 amide bonds. The van der Waals surface area contributed by atoms with Gasteiger partial charge in [-0.1, -0.05) is 12.1 Å². The molecule has 8 N–H and O–H groups in total. The number of methoxy groups -OCH3 is 1. The quantitative estimate of drug-likeness (QED) is 0.0581. The van der Waals surface area contributed by atoms with Crippen molar-refractivity contribution in [2.75, 3.05) is 47.6 Å². The van der Waals surface area contributed by atoms with E-state index in [1.165, 1.54) is 29.8 Å². The van der Waals surface area contributed by atoms with E-state index in [-0.39, 0.29) is 42.4 Å². The lowest BCUT2D eigenvalue weighted by Crippen LogP contribution is -3.00. The fourth-order valence-corrected chi connectivity index (χ4v) is 8.34. The number of cyclic esters (lactones) is 1. The van der Waals surface area contributed by atoms with Gasteiger partial charge in [0.2, 0.25) is 11.4 Å². The lowest BCUT2D eigenvalue weighted by atomic mass is 9.95. The minimum absolute atomic E-state index is 0. The Kier molecular flexibility index (Phi) is 24.5. The van der Waals surface area contributed by atoms with Crippen molar-refractivity contribution in [3.8, 4) is 0 Å². The predicted octanol–water partition coefficient (Wildman–Crippen LogP) is 1.36. The Labute approximate surface area is 406 Å². The Bertz CT molecular complexity index is 1710. The standard InChI is InChI=1S/C19H22NO4S2.C6H8O6.C6H12O4.C2Cl2F4.C2H6O.CCl2F2.BrH/c1-20(2)12-9-11(10-13(20)17-16(12)24-17)23-18(21)19(22,14-5-3-7-25-14)15-6-4-8-26-15;7-1-2(8)5-3(9)4(10)6(11)12-5;1-9-3-5-6(8)4(7)2-10-5;3-1(5,6)2(4,7)8;1-2-3;2-1(3,4)5;/h3-8,11-13,16-17,22H,9-10H2,1-2H3;2,5,7-10H,1H2;4-8H,2-3H2,1H3;;3H,2H2,1H3;;1H/q+1;;;;;;/p-1/t11?,12-,13+,16-,17+;2-,5+;;;;;/m.0...../s1. The summed E-state index contributed by atoms with van der Waals surface area (Å²) in [5, 5.41) is 66.5. The van der Waals surface area contributed by atoms with E-state index < -0.39 is 75.7 Å². The van der Waals surface area contributed by atoms with E-state index in [4.69, 9.17) is 54.7 Å². The number of halogens is 11. The van der Waals surface area contributed by atoms with Crippen LogP contribution >= 0.6 is 69.1 Å². The molecule has 4 saturated heterocycles. The molecule has 2 bridgehead atoms.